The smallest absolute Gasteiger partial charge is 0.154 e. The van der Waals surface area contributed by atoms with Crippen LogP contribution in [0.3, 0.4) is 0 Å². The van der Waals surface area contributed by atoms with Crippen LogP contribution in [0.1, 0.15) is 18.7 Å². The first-order chi connectivity index (χ1) is 7.25. The van der Waals surface area contributed by atoms with Crippen molar-refractivity contribution in [3.8, 4) is 0 Å². The first-order valence-electron chi connectivity index (χ1n) is 5.44. The van der Waals surface area contributed by atoms with E-state index in [4.69, 9.17) is 0 Å². The van der Waals surface area contributed by atoms with Crippen LogP contribution in [-0.2, 0) is 18.3 Å². The second kappa shape index (κ2) is 4.57. The lowest BCUT2D eigenvalue weighted by molar-refractivity contribution is -0.117. The van der Waals surface area contributed by atoms with Crippen molar-refractivity contribution in [1.29, 1.82) is 0 Å². The number of nitrogens with zero attached hydrogens (tertiary/aromatic N) is 2. The maximum Gasteiger partial charge on any atom is 0.154 e. The number of aromatic nitrogens is 2. The van der Waals surface area contributed by atoms with Gasteiger partial charge in [0.1, 0.15) is 5.82 Å². The van der Waals surface area contributed by atoms with Crippen LogP contribution in [-0.4, -0.2) is 28.4 Å². The molecule has 15 heavy (non-hydrogen) atoms. The van der Waals surface area contributed by atoms with Crippen molar-refractivity contribution in [3.63, 3.8) is 0 Å². The summed E-state index contributed by atoms with van der Waals surface area (Å²) in [5.74, 6) is 1.88. The van der Waals surface area contributed by atoms with Gasteiger partial charge < -0.3 is 9.88 Å². The predicted molar refractivity (Wildman–Crippen MR) is 57.5 cm³/mol. The van der Waals surface area contributed by atoms with Crippen molar-refractivity contribution >= 4 is 5.78 Å². The van der Waals surface area contributed by atoms with E-state index in [0.717, 1.165) is 18.3 Å². The van der Waals surface area contributed by atoms with Gasteiger partial charge in [-0.15, -0.1) is 0 Å². The van der Waals surface area contributed by atoms with E-state index >= 15 is 0 Å². The lowest BCUT2D eigenvalue weighted by Gasteiger charge is -2.03. The molecular formula is C11H17N3O. The topological polar surface area (TPSA) is 46.9 Å². The molecule has 1 aliphatic rings. The van der Waals surface area contributed by atoms with Gasteiger partial charge in [0.25, 0.3) is 0 Å². The minimum Gasteiger partial charge on any atom is -0.338 e. The number of hydrogen-bond acceptors (Lipinski definition) is 3. The summed E-state index contributed by atoms with van der Waals surface area (Å²) in [5, 5.41) is 3.19. The van der Waals surface area contributed by atoms with Gasteiger partial charge in [-0.2, -0.15) is 0 Å². The molecule has 1 fully saturated rings. The molecule has 0 spiro atoms. The van der Waals surface area contributed by atoms with Crippen LogP contribution in [0.5, 0.6) is 0 Å². The molecule has 1 aliphatic carbocycles. The van der Waals surface area contributed by atoms with Crippen LogP contribution in [0, 0.1) is 5.92 Å². The first kappa shape index (κ1) is 10.4. The van der Waals surface area contributed by atoms with Crippen molar-refractivity contribution in [3.05, 3.63) is 18.2 Å². The summed E-state index contributed by atoms with van der Waals surface area (Å²) in [5.41, 5.74) is 0. The Kier molecular flexibility index (Phi) is 3.16. The normalized spacial score (nSPS) is 15.5. The largest absolute Gasteiger partial charge is 0.338 e. The van der Waals surface area contributed by atoms with Gasteiger partial charge in [-0.25, -0.2) is 4.98 Å². The number of carbonyl (C=O) groups excluding carboxylic acids is 1. The Hall–Kier alpha value is -1.16. The number of nitrogens with one attached hydrogen (secondary N) is 1. The van der Waals surface area contributed by atoms with Crippen LogP contribution in [0.15, 0.2) is 12.4 Å². The Labute approximate surface area is 89.7 Å². The molecule has 0 atom stereocenters. The molecule has 1 heterocycles. The molecule has 2 rings (SSSR count). The highest BCUT2D eigenvalue weighted by Crippen LogP contribution is 2.27. The SMILES string of the molecule is Cn1ccnc1CC(=O)CNCC1CC1. The third-order valence-electron chi connectivity index (χ3n) is 2.73. The number of Topliss-reactive ketones (excluding diaryl/α,β-unsaturated/α-hetero) is 1. The lowest BCUT2D eigenvalue weighted by Crippen LogP contribution is -2.26. The summed E-state index contributed by atoms with van der Waals surface area (Å²) in [7, 11) is 1.91. The molecule has 1 aromatic heterocycles. The maximum atomic E-state index is 11.5. The summed E-state index contributed by atoms with van der Waals surface area (Å²) in [4.78, 5) is 15.7. The van der Waals surface area contributed by atoms with Gasteiger partial charge in [0.15, 0.2) is 5.78 Å². The van der Waals surface area contributed by atoms with Gasteiger partial charge in [0.05, 0.1) is 13.0 Å². The zero-order valence-electron chi connectivity index (χ0n) is 9.07. The van der Waals surface area contributed by atoms with E-state index in [1.807, 2.05) is 17.8 Å². The molecule has 0 amide bonds. The Balaban J connectivity index is 1.69. The Bertz CT molecular complexity index is 341. The molecule has 1 saturated carbocycles. The minimum atomic E-state index is 0.213. The van der Waals surface area contributed by atoms with E-state index in [1.54, 1.807) is 6.20 Å². The van der Waals surface area contributed by atoms with Gasteiger partial charge >= 0.3 is 0 Å². The quantitative estimate of drug-likeness (QED) is 0.740. The summed E-state index contributed by atoms with van der Waals surface area (Å²) in [6, 6.07) is 0. The van der Waals surface area contributed by atoms with Gasteiger partial charge in [0, 0.05) is 19.4 Å². The molecular weight excluding hydrogens is 190 g/mol. The zero-order chi connectivity index (χ0) is 10.7. The molecule has 0 bridgehead atoms. The van der Waals surface area contributed by atoms with Crippen molar-refractivity contribution in [2.45, 2.75) is 19.3 Å². The fraction of sp³-hybridized carbons (Fsp3) is 0.636. The van der Waals surface area contributed by atoms with E-state index in [0.29, 0.717) is 13.0 Å². The van der Waals surface area contributed by atoms with E-state index in [9.17, 15) is 4.79 Å². The van der Waals surface area contributed by atoms with E-state index in [2.05, 4.69) is 10.3 Å². The Morgan fingerprint density at radius 3 is 3.07 bits per heavy atom. The molecule has 4 nitrogen and oxygen atoms in total. The summed E-state index contributed by atoms with van der Waals surface area (Å²) in [6.45, 7) is 1.47. The third kappa shape index (κ3) is 3.16. The van der Waals surface area contributed by atoms with E-state index in [-0.39, 0.29) is 5.78 Å². The molecule has 0 unspecified atom stereocenters. The predicted octanol–water partition coefficient (Wildman–Crippen LogP) is 0.531. The highest BCUT2D eigenvalue weighted by atomic mass is 16.1. The van der Waals surface area contributed by atoms with Crippen LogP contribution < -0.4 is 5.32 Å². The summed E-state index contributed by atoms with van der Waals surface area (Å²) >= 11 is 0. The van der Waals surface area contributed by atoms with Crippen LogP contribution in [0.2, 0.25) is 0 Å². The molecule has 82 valence electrons. The molecule has 4 heteroatoms. The molecule has 1 aromatic rings. The number of hydrogen-bond donors (Lipinski definition) is 1. The van der Waals surface area contributed by atoms with Gasteiger partial charge in [0.2, 0.25) is 0 Å². The number of carbonyl (C=O) groups is 1. The fourth-order valence-corrected chi connectivity index (χ4v) is 1.54. The Morgan fingerprint density at radius 1 is 1.67 bits per heavy atom. The van der Waals surface area contributed by atoms with Crippen molar-refractivity contribution in [1.82, 2.24) is 14.9 Å². The minimum absolute atomic E-state index is 0.213. The van der Waals surface area contributed by atoms with Crippen LogP contribution >= 0.6 is 0 Å². The highest BCUT2D eigenvalue weighted by molar-refractivity contribution is 5.82. The molecule has 0 aromatic carbocycles. The van der Waals surface area contributed by atoms with Crippen molar-refractivity contribution in [2.75, 3.05) is 13.1 Å². The second-order valence-corrected chi connectivity index (χ2v) is 4.24. The average Bonchev–Trinajstić information content (AvgIpc) is 2.93. The number of imidazole rings is 1. The third-order valence-corrected chi connectivity index (χ3v) is 2.73. The second-order valence-electron chi connectivity index (χ2n) is 4.24. The molecule has 1 N–H and O–H groups in total. The average molecular weight is 207 g/mol. The van der Waals surface area contributed by atoms with Crippen molar-refractivity contribution in [2.24, 2.45) is 13.0 Å². The maximum absolute atomic E-state index is 11.5. The molecule has 0 aliphatic heterocycles. The van der Waals surface area contributed by atoms with E-state index in [1.165, 1.54) is 12.8 Å². The number of rotatable bonds is 6. The van der Waals surface area contributed by atoms with Gasteiger partial charge in [-0.1, -0.05) is 0 Å². The van der Waals surface area contributed by atoms with Gasteiger partial charge in [-0.3, -0.25) is 4.79 Å². The number of ketones is 1. The number of aryl methyl sites for hydroxylation is 1. The van der Waals surface area contributed by atoms with Gasteiger partial charge in [-0.05, 0) is 25.3 Å². The zero-order valence-corrected chi connectivity index (χ0v) is 9.07. The standard InChI is InChI=1S/C11H17N3O/c1-14-5-4-13-11(14)6-10(15)8-12-7-9-2-3-9/h4-5,9,12H,2-3,6-8H2,1H3. The fourth-order valence-electron chi connectivity index (χ4n) is 1.54. The van der Waals surface area contributed by atoms with Crippen LogP contribution in [0.25, 0.3) is 0 Å². The Morgan fingerprint density at radius 2 is 2.47 bits per heavy atom. The van der Waals surface area contributed by atoms with Crippen LogP contribution in [0.4, 0.5) is 0 Å². The summed E-state index contributed by atoms with van der Waals surface area (Å²) < 4.78 is 1.89. The highest BCUT2D eigenvalue weighted by Gasteiger charge is 2.20. The first-order valence-corrected chi connectivity index (χ1v) is 5.44. The molecule has 0 radical (unpaired) electrons. The molecule has 0 saturated heterocycles. The monoisotopic (exact) mass is 207 g/mol. The van der Waals surface area contributed by atoms with E-state index < -0.39 is 0 Å². The van der Waals surface area contributed by atoms with Crippen molar-refractivity contribution < 1.29 is 4.79 Å². The lowest BCUT2D eigenvalue weighted by atomic mass is 10.2. The summed E-state index contributed by atoms with van der Waals surface area (Å²) in [6.07, 6.45) is 6.66.